The van der Waals surface area contributed by atoms with E-state index in [4.69, 9.17) is 10.00 Å². The van der Waals surface area contributed by atoms with Gasteiger partial charge in [0.2, 0.25) is 0 Å². The zero-order valence-corrected chi connectivity index (χ0v) is 12.2. The van der Waals surface area contributed by atoms with E-state index in [2.05, 4.69) is 39.0 Å². The van der Waals surface area contributed by atoms with Crippen LogP contribution in [0.25, 0.3) is 0 Å². The Morgan fingerprint density at radius 2 is 1.60 bits per heavy atom. The van der Waals surface area contributed by atoms with Crippen molar-refractivity contribution in [2.75, 3.05) is 6.61 Å². The molecule has 2 aromatic rings. The molecule has 0 radical (unpaired) electrons. The normalized spacial score (nSPS) is 10.1. The number of nitrogens with zero attached hydrogens (tertiary/aromatic N) is 1. The highest BCUT2D eigenvalue weighted by molar-refractivity contribution is 5.41. The number of rotatable bonds is 4. The molecule has 0 spiro atoms. The van der Waals surface area contributed by atoms with Gasteiger partial charge in [-0.05, 0) is 61.2 Å². The molecule has 2 rings (SSSR count). The molecule has 102 valence electrons. The summed E-state index contributed by atoms with van der Waals surface area (Å²) in [5.41, 5.74) is 5.60. The molecule has 0 aliphatic rings. The number of ether oxygens (including phenoxy) is 1. The van der Waals surface area contributed by atoms with E-state index < -0.39 is 0 Å². The van der Waals surface area contributed by atoms with Crippen molar-refractivity contribution in [2.45, 2.75) is 27.2 Å². The van der Waals surface area contributed by atoms with Gasteiger partial charge in [0.25, 0.3) is 0 Å². The lowest BCUT2D eigenvalue weighted by Gasteiger charge is -2.11. The minimum Gasteiger partial charge on any atom is -0.493 e. The Labute approximate surface area is 120 Å². The molecular weight excluding hydrogens is 246 g/mol. The number of benzene rings is 2. The van der Waals surface area contributed by atoms with Crippen LogP contribution in [-0.2, 0) is 6.42 Å². The van der Waals surface area contributed by atoms with E-state index in [0.717, 1.165) is 12.2 Å². The van der Waals surface area contributed by atoms with Gasteiger partial charge >= 0.3 is 0 Å². The lowest BCUT2D eigenvalue weighted by Crippen LogP contribution is -2.03. The van der Waals surface area contributed by atoms with Crippen molar-refractivity contribution in [2.24, 2.45) is 0 Å². The molecular formula is C18H19NO. The molecule has 0 saturated carbocycles. The highest BCUT2D eigenvalue weighted by Crippen LogP contribution is 2.22. The van der Waals surface area contributed by atoms with E-state index in [1.807, 2.05) is 24.3 Å². The standard InChI is InChI=1S/C18H19NO/c1-13-10-15(3)18(11-14(13)2)20-9-8-16-4-6-17(12-19)7-5-16/h4-7,10-11H,8-9H2,1-3H3. The van der Waals surface area contributed by atoms with E-state index in [1.54, 1.807) is 0 Å². The van der Waals surface area contributed by atoms with Crippen molar-refractivity contribution >= 4 is 0 Å². The van der Waals surface area contributed by atoms with E-state index in [0.29, 0.717) is 12.2 Å². The zero-order valence-electron chi connectivity index (χ0n) is 12.2. The SMILES string of the molecule is Cc1cc(C)c(OCCc2ccc(C#N)cc2)cc1C. The summed E-state index contributed by atoms with van der Waals surface area (Å²) in [5.74, 6) is 0.960. The third-order valence-corrected chi connectivity index (χ3v) is 3.52. The molecule has 0 unspecified atom stereocenters. The lowest BCUT2D eigenvalue weighted by molar-refractivity contribution is 0.319. The number of hydrogen-bond acceptors (Lipinski definition) is 2. The number of aryl methyl sites for hydroxylation is 3. The Hall–Kier alpha value is -2.27. The quantitative estimate of drug-likeness (QED) is 0.833. The summed E-state index contributed by atoms with van der Waals surface area (Å²) in [7, 11) is 0. The first kappa shape index (κ1) is 14.1. The summed E-state index contributed by atoms with van der Waals surface area (Å²) < 4.78 is 5.87. The molecule has 0 N–H and O–H groups in total. The molecule has 2 aromatic carbocycles. The first-order valence-electron chi connectivity index (χ1n) is 6.80. The van der Waals surface area contributed by atoms with E-state index >= 15 is 0 Å². The fourth-order valence-corrected chi connectivity index (χ4v) is 2.11. The minimum absolute atomic E-state index is 0.648. The Balaban J connectivity index is 1.96. The molecule has 0 saturated heterocycles. The summed E-state index contributed by atoms with van der Waals surface area (Å²) >= 11 is 0. The number of nitriles is 1. The molecule has 2 heteroatoms. The molecule has 0 atom stereocenters. The Morgan fingerprint density at radius 1 is 0.950 bits per heavy atom. The van der Waals surface area contributed by atoms with Crippen LogP contribution in [0.1, 0.15) is 27.8 Å². The van der Waals surface area contributed by atoms with Crippen molar-refractivity contribution in [3.63, 3.8) is 0 Å². The molecule has 20 heavy (non-hydrogen) atoms. The topological polar surface area (TPSA) is 33.0 Å². The average Bonchev–Trinajstić information content (AvgIpc) is 2.45. The molecule has 2 nitrogen and oxygen atoms in total. The molecule has 0 aliphatic carbocycles. The Kier molecular flexibility index (Phi) is 4.42. The minimum atomic E-state index is 0.648. The van der Waals surface area contributed by atoms with Gasteiger partial charge in [0.15, 0.2) is 0 Å². The number of hydrogen-bond donors (Lipinski definition) is 0. The van der Waals surface area contributed by atoms with Crippen molar-refractivity contribution in [3.05, 3.63) is 64.2 Å². The Morgan fingerprint density at radius 3 is 2.25 bits per heavy atom. The van der Waals surface area contributed by atoms with E-state index in [9.17, 15) is 0 Å². The monoisotopic (exact) mass is 265 g/mol. The van der Waals surface area contributed by atoms with Gasteiger partial charge in [-0.1, -0.05) is 18.2 Å². The molecule has 0 bridgehead atoms. The Bertz CT molecular complexity index is 636. The molecule has 0 heterocycles. The molecule has 0 aromatic heterocycles. The summed E-state index contributed by atoms with van der Waals surface area (Å²) in [6, 6.07) is 14.0. The van der Waals surface area contributed by atoms with Crippen molar-refractivity contribution in [3.8, 4) is 11.8 Å². The van der Waals surface area contributed by atoms with E-state index in [-0.39, 0.29) is 0 Å². The van der Waals surface area contributed by atoms with Crippen LogP contribution in [0.5, 0.6) is 5.75 Å². The van der Waals surface area contributed by atoms with Gasteiger partial charge in [0, 0.05) is 6.42 Å². The van der Waals surface area contributed by atoms with Crippen LogP contribution in [0.4, 0.5) is 0 Å². The highest BCUT2D eigenvalue weighted by Gasteiger charge is 2.03. The van der Waals surface area contributed by atoms with Crippen molar-refractivity contribution in [1.29, 1.82) is 5.26 Å². The maximum Gasteiger partial charge on any atom is 0.122 e. The lowest BCUT2D eigenvalue weighted by atomic mass is 10.1. The van der Waals surface area contributed by atoms with Gasteiger partial charge in [-0.25, -0.2) is 0 Å². The first-order valence-corrected chi connectivity index (χ1v) is 6.80. The molecule has 0 fully saturated rings. The molecule has 0 aliphatic heterocycles. The summed E-state index contributed by atoms with van der Waals surface area (Å²) in [6.45, 7) is 6.93. The van der Waals surface area contributed by atoms with Crippen LogP contribution in [0.15, 0.2) is 36.4 Å². The second kappa shape index (κ2) is 6.25. The maximum atomic E-state index is 8.76. The third-order valence-electron chi connectivity index (χ3n) is 3.52. The van der Waals surface area contributed by atoms with Gasteiger partial charge in [0.1, 0.15) is 5.75 Å². The van der Waals surface area contributed by atoms with Gasteiger partial charge in [-0.2, -0.15) is 5.26 Å². The van der Waals surface area contributed by atoms with Crippen molar-refractivity contribution < 1.29 is 4.74 Å². The van der Waals surface area contributed by atoms with Crippen LogP contribution in [0, 0.1) is 32.1 Å². The smallest absolute Gasteiger partial charge is 0.122 e. The fourth-order valence-electron chi connectivity index (χ4n) is 2.11. The highest BCUT2D eigenvalue weighted by atomic mass is 16.5. The second-order valence-electron chi connectivity index (χ2n) is 5.11. The van der Waals surface area contributed by atoms with Gasteiger partial charge in [-0.15, -0.1) is 0 Å². The summed E-state index contributed by atoms with van der Waals surface area (Å²) in [5, 5.41) is 8.76. The second-order valence-corrected chi connectivity index (χ2v) is 5.11. The van der Waals surface area contributed by atoms with Crippen LogP contribution in [-0.4, -0.2) is 6.61 Å². The van der Waals surface area contributed by atoms with Gasteiger partial charge < -0.3 is 4.74 Å². The van der Waals surface area contributed by atoms with Gasteiger partial charge in [-0.3, -0.25) is 0 Å². The van der Waals surface area contributed by atoms with Gasteiger partial charge in [0.05, 0.1) is 18.2 Å². The fraction of sp³-hybridized carbons (Fsp3) is 0.278. The van der Waals surface area contributed by atoms with Crippen LogP contribution < -0.4 is 4.74 Å². The summed E-state index contributed by atoms with van der Waals surface area (Å²) in [4.78, 5) is 0. The maximum absolute atomic E-state index is 8.76. The van der Waals surface area contributed by atoms with Crippen molar-refractivity contribution in [1.82, 2.24) is 0 Å². The van der Waals surface area contributed by atoms with Crippen LogP contribution in [0.2, 0.25) is 0 Å². The first-order chi connectivity index (χ1) is 9.60. The third kappa shape index (κ3) is 3.39. The van der Waals surface area contributed by atoms with Crippen LogP contribution in [0.3, 0.4) is 0 Å². The van der Waals surface area contributed by atoms with E-state index in [1.165, 1.54) is 22.3 Å². The predicted octanol–water partition coefficient (Wildman–Crippen LogP) is 4.11. The average molecular weight is 265 g/mol. The largest absolute Gasteiger partial charge is 0.493 e. The zero-order chi connectivity index (χ0) is 14.5. The summed E-state index contributed by atoms with van der Waals surface area (Å²) in [6.07, 6.45) is 0.845. The predicted molar refractivity (Wildman–Crippen MR) is 81.0 cm³/mol. The molecule has 0 amide bonds. The van der Waals surface area contributed by atoms with Crippen LogP contribution >= 0.6 is 0 Å².